The molecule has 1 aromatic carbocycles. The van der Waals surface area contributed by atoms with Crippen molar-refractivity contribution in [2.75, 3.05) is 24.4 Å². The summed E-state index contributed by atoms with van der Waals surface area (Å²) in [5.74, 6) is -0.159. The molecule has 0 spiro atoms. The van der Waals surface area contributed by atoms with Gasteiger partial charge in [-0.2, -0.15) is 11.8 Å². The monoisotopic (exact) mass is 300 g/mol. The number of benzene rings is 1. The van der Waals surface area contributed by atoms with Crippen LogP contribution in [-0.4, -0.2) is 37.2 Å². The molecule has 0 aliphatic heterocycles. The third-order valence-electron chi connectivity index (χ3n) is 2.50. The smallest absolute Gasteiger partial charge is 0.328 e. The van der Waals surface area contributed by atoms with Gasteiger partial charge >= 0.3 is 12.0 Å². The van der Waals surface area contributed by atoms with Gasteiger partial charge in [0, 0.05) is 5.69 Å². The zero-order valence-electron chi connectivity index (χ0n) is 11.3. The number of nitrogens with one attached hydrogen (secondary N) is 2. The van der Waals surface area contributed by atoms with Gasteiger partial charge in [-0.25, -0.2) is 14.0 Å². The number of hydrogen-bond donors (Lipinski definition) is 2. The van der Waals surface area contributed by atoms with Crippen molar-refractivity contribution in [2.24, 2.45) is 0 Å². The lowest BCUT2D eigenvalue weighted by Gasteiger charge is -2.16. The lowest BCUT2D eigenvalue weighted by Crippen LogP contribution is -2.44. The van der Waals surface area contributed by atoms with E-state index in [4.69, 9.17) is 0 Å². The SMILES string of the molecule is COC(=O)C(CCSC)NC(=O)Nc1ccc(F)cc1. The molecule has 0 saturated heterocycles. The number of anilines is 1. The number of carbonyl (C=O) groups is 2. The highest BCUT2D eigenvalue weighted by atomic mass is 32.2. The first-order valence-electron chi connectivity index (χ1n) is 5.96. The van der Waals surface area contributed by atoms with E-state index in [2.05, 4.69) is 15.4 Å². The summed E-state index contributed by atoms with van der Waals surface area (Å²) in [7, 11) is 1.27. The van der Waals surface area contributed by atoms with E-state index >= 15 is 0 Å². The molecule has 0 fully saturated rings. The van der Waals surface area contributed by atoms with E-state index < -0.39 is 18.0 Å². The third-order valence-corrected chi connectivity index (χ3v) is 3.15. The summed E-state index contributed by atoms with van der Waals surface area (Å²) in [6.45, 7) is 0. The summed E-state index contributed by atoms with van der Waals surface area (Å²) < 4.78 is 17.4. The molecule has 0 bridgehead atoms. The molecule has 5 nitrogen and oxygen atoms in total. The van der Waals surface area contributed by atoms with Crippen LogP contribution >= 0.6 is 11.8 Å². The van der Waals surface area contributed by atoms with Crippen LogP contribution in [0.15, 0.2) is 24.3 Å². The standard InChI is InChI=1S/C13H17FN2O3S/c1-19-12(17)11(7-8-20-2)16-13(18)15-10-5-3-9(14)4-6-10/h3-6,11H,7-8H2,1-2H3,(H2,15,16,18). The minimum absolute atomic E-state index is 0.386. The summed E-state index contributed by atoms with van der Waals surface area (Å²) in [4.78, 5) is 23.3. The van der Waals surface area contributed by atoms with Gasteiger partial charge in [0.1, 0.15) is 11.9 Å². The van der Waals surface area contributed by atoms with Crippen LogP contribution in [0.25, 0.3) is 0 Å². The van der Waals surface area contributed by atoms with Crippen molar-refractivity contribution in [1.82, 2.24) is 5.32 Å². The van der Waals surface area contributed by atoms with E-state index in [0.717, 1.165) is 5.75 Å². The Balaban J connectivity index is 2.56. The second-order valence-electron chi connectivity index (χ2n) is 3.96. The Kier molecular flexibility index (Phi) is 6.86. The summed E-state index contributed by atoms with van der Waals surface area (Å²) in [5.41, 5.74) is 0.442. The Morgan fingerprint density at radius 2 is 2.00 bits per heavy atom. The van der Waals surface area contributed by atoms with Gasteiger partial charge in [0.15, 0.2) is 0 Å². The van der Waals surface area contributed by atoms with Crippen LogP contribution in [0.1, 0.15) is 6.42 Å². The fraction of sp³-hybridized carbons (Fsp3) is 0.385. The fourth-order valence-electron chi connectivity index (χ4n) is 1.49. The third kappa shape index (κ3) is 5.48. The minimum Gasteiger partial charge on any atom is -0.467 e. The maximum Gasteiger partial charge on any atom is 0.328 e. The van der Waals surface area contributed by atoms with Crippen LogP contribution < -0.4 is 10.6 Å². The van der Waals surface area contributed by atoms with Crippen LogP contribution in [0.5, 0.6) is 0 Å². The van der Waals surface area contributed by atoms with Crippen molar-refractivity contribution in [1.29, 1.82) is 0 Å². The lowest BCUT2D eigenvalue weighted by molar-refractivity contribution is -0.142. The van der Waals surface area contributed by atoms with Crippen LogP contribution in [-0.2, 0) is 9.53 Å². The predicted molar refractivity (Wildman–Crippen MR) is 77.4 cm³/mol. The summed E-state index contributed by atoms with van der Waals surface area (Å²) in [6.07, 6.45) is 2.39. The average molecular weight is 300 g/mol. The van der Waals surface area contributed by atoms with Crippen LogP contribution in [0.2, 0.25) is 0 Å². The van der Waals surface area contributed by atoms with Crippen molar-refractivity contribution in [3.63, 3.8) is 0 Å². The second kappa shape index (κ2) is 8.42. The highest BCUT2D eigenvalue weighted by molar-refractivity contribution is 7.98. The van der Waals surface area contributed by atoms with Gasteiger partial charge in [-0.1, -0.05) is 0 Å². The number of amides is 2. The molecule has 1 rings (SSSR count). The van der Waals surface area contributed by atoms with Gasteiger partial charge in [0.25, 0.3) is 0 Å². The zero-order chi connectivity index (χ0) is 15.0. The Morgan fingerprint density at radius 3 is 2.55 bits per heavy atom. The number of ether oxygens (including phenoxy) is 1. The molecule has 0 saturated carbocycles. The number of hydrogen-bond acceptors (Lipinski definition) is 4. The normalized spacial score (nSPS) is 11.6. The zero-order valence-corrected chi connectivity index (χ0v) is 12.1. The highest BCUT2D eigenvalue weighted by Gasteiger charge is 2.20. The Morgan fingerprint density at radius 1 is 1.35 bits per heavy atom. The molecule has 1 unspecified atom stereocenters. The van der Waals surface area contributed by atoms with Crippen LogP contribution in [0, 0.1) is 5.82 Å². The maximum absolute atomic E-state index is 12.7. The van der Waals surface area contributed by atoms with Crippen molar-refractivity contribution < 1.29 is 18.7 Å². The first-order chi connectivity index (χ1) is 9.56. The molecule has 7 heteroatoms. The van der Waals surface area contributed by atoms with Gasteiger partial charge in [-0.05, 0) is 42.7 Å². The molecule has 0 aromatic heterocycles. The minimum atomic E-state index is -0.701. The average Bonchev–Trinajstić information content (AvgIpc) is 2.45. The van der Waals surface area contributed by atoms with Crippen LogP contribution in [0.3, 0.4) is 0 Å². The van der Waals surface area contributed by atoms with Gasteiger partial charge in [0.05, 0.1) is 7.11 Å². The molecule has 0 radical (unpaired) electrons. The first-order valence-corrected chi connectivity index (χ1v) is 7.36. The number of methoxy groups -OCH3 is 1. The first kappa shape index (κ1) is 16.3. The lowest BCUT2D eigenvalue weighted by atomic mass is 10.2. The van der Waals surface area contributed by atoms with E-state index in [1.54, 1.807) is 11.8 Å². The maximum atomic E-state index is 12.7. The van der Waals surface area contributed by atoms with Gasteiger partial charge in [0.2, 0.25) is 0 Å². The van der Waals surface area contributed by atoms with E-state index in [0.29, 0.717) is 12.1 Å². The molecule has 0 aliphatic carbocycles. The van der Waals surface area contributed by atoms with Crippen molar-refractivity contribution in [3.8, 4) is 0 Å². The highest BCUT2D eigenvalue weighted by Crippen LogP contribution is 2.08. The molecule has 110 valence electrons. The largest absolute Gasteiger partial charge is 0.467 e. The van der Waals surface area contributed by atoms with E-state index in [1.165, 1.54) is 31.4 Å². The van der Waals surface area contributed by atoms with Crippen molar-refractivity contribution in [3.05, 3.63) is 30.1 Å². The molecule has 0 heterocycles. The molecular formula is C13H17FN2O3S. The number of esters is 1. The summed E-state index contributed by atoms with van der Waals surface area (Å²) >= 11 is 1.57. The molecule has 0 aliphatic rings. The number of thioether (sulfide) groups is 1. The molecule has 1 aromatic rings. The van der Waals surface area contributed by atoms with Gasteiger partial charge in [-0.15, -0.1) is 0 Å². The number of rotatable bonds is 6. The fourth-order valence-corrected chi connectivity index (χ4v) is 1.96. The predicted octanol–water partition coefficient (Wildman–Crippen LogP) is 2.24. The molecular weight excluding hydrogens is 283 g/mol. The quantitative estimate of drug-likeness (QED) is 0.791. The summed E-state index contributed by atoms with van der Waals surface area (Å²) in [5, 5.41) is 5.06. The Labute approximate surface area is 121 Å². The number of carbonyl (C=O) groups excluding carboxylic acids is 2. The summed E-state index contributed by atoms with van der Waals surface area (Å²) in [6, 6.07) is 4.11. The van der Waals surface area contributed by atoms with E-state index in [-0.39, 0.29) is 5.82 Å². The topological polar surface area (TPSA) is 67.4 Å². The van der Waals surface area contributed by atoms with Crippen molar-refractivity contribution in [2.45, 2.75) is 12.5 Å². The van der Waals surface area contributed by atoms with E-state index in [1.807, 2.05) is 6.26 Å². The molecule has 20 heavy (non-hydrogen) atoms. The molecule has 1 atom stereocenters. The molecule has 2 amide bonds. The Bertz CT molecular complexity index is 453. The number of urea groups is 1. The van der Waals surface area contributed by atoms with E-state index in [9.17, 15) is 14.0 Å². The van der Waals surface area contributed by atoms with Gasteiger partial charge in [-0.3, -0.25) is 0 Å². The van der Waals surface area contributed by atoms with Crippen molar-refractivity contribution >= 4 is 29.4 Å². The molecule has 2 N–H and O–H groups in total. The van der Waals surface area contributed by atoms with Gasteiger partial charge < -0.3 is 15.4 Å². The van der Waals surface area contributed by atoms with Crippen LogP contribution in [0.4, 0.5) is 14.9 Å². The second-order valence-corrected chi connectivity index (χ2v) is 4.95. The Hall–Kier alpha value is -1.76. The number of halogens is 1.